The predicted octanol–water partition coefficient (Wildman–Crippen LogP) is 1.67. The Kier molecular flexibility index (Phi) is 4.79. The standard InChI is InChI=1S/C12H19N3O/c1-3-9(2)14-8-10-4-6-11(7-5-10)12(13)15-16/h4-7,9,14,16H,3,8H2,1-2H3,(H2,13,15). The molecule has 4 nitrogen and oxygen atoms in total. The van der Waals surface area contributed by atoms with Crippen LogP contribution >= 0.6 is 0 Å². The summed E-state index contributed by atoms with van der Waals surface area (Å²) in [7, 11) is 0. The summed E-state index contributed by atoms with van der Waals surface area (Å²) in [6, 6.07) is 8.17. The van der Waals surface area contributed by atoms with Gasteiger partial charge in [-0.3, -0.25) is 0 Å². The van der Waals surface area contributed by atoms with Gasteiger partial charge in [-0.1, -0.05) is 36.3 Å². The fourth-order valence-electron chi connectivity index (χ4n) is 1.29. The Bertz CT molecular complexity index is 346. The molecule has 4 heteroatoms. The largest absolute Gasteiger partial charge is 0.409 e. The maximum atomic E-state index is 8.52. The molecule has 0 heterocycles. The summed E-state index contributed by atoms with van der Waals surface area (Å²) in [5, 5.41) is 14.9. The molecule has 1 aromatic carbocycles. The molecule has 1 rings (SSSR count). The molecule has 0 saturated heterocycles. The molecule has 1 unspecified atom stereocenters. The van der Waals surface area contributed by atoms with E-state index in [1.807, 2.05) is 24.3 Å². The first-order valence-electron chi connectivity index (χ1n) is 5.47. The lowest BCUT2D eigenvalue weighted by atomic mass is 10.1. The summed E-state index contributed by atoms with van der Waals surface area (Å²) in [6.45, 7) is 5.15. The average Bonchev–Trinajstić information content (AvgIpc) is 2.35. The molecule has 0 saturated carbocycles. The smallest absolute Gasteiger partial charge is 0.170 e. The van der Waals surface area contributed by atoms with E-state index in [4.69, 9.17) is 10.9 Å². The highest BCUT2D eigenvalue weighted by atomic mass is 16.4. The van der Waals surface area contributed by atoms with E-state index < -0.39 is 0 Å². The molecule has 16 heavy (non-hydrogen) atoms. The highest BCUT2D eigenvalue weighted by molar-refractivity contribution is 5.96. The Hall–Kier alpha value is -1.55. The minimum absolute atomic E-state index is 0.140. The van der Waals surface area contributed by atoms with E-state index in [1.54, 1.807) is 0 Å². The van der Waals surface area contributed by atoms with Crippen molar-refractivity contribution in [2.45, 2.75) is 32.9 Å². The Morgan fingerprint density at radius 3 is 2.56 bits per heavy atom. The molecule has 0 bridgehead atoms. The molecule has 1 aromatic rings. The maximum Gasteiger partial charge on any atom is 0.170 e. The topological polar surface area (TPSA) is 70.6 Å². The maximum absolute atomic E-state index is 8.52. The van der Waals surface area contributed by atoms with Crippen LogP contribution in [0.5, 0.6) is 0 Å². The summed E-state index contributed by atoms with van der Waals surface area (Å²) < 4.78 is 0. The van der Waals surface area contributed by atoms with Gasteiger partial charge in [0.25, 0.3) is 0 Å². The number of nitrogens with zero attached hydrogens (tertiary/aromatic N) is 1. The monoisotopic (exact) mass is 221 g/mol. The highest BCUT2D eigenvalue weighted by Crippen LogP contribution is 2.04. The van der Waals surface area contributed by atoms with Crippen LogP contribution in [0.1, 0.15) is 31.4 Å². The summed E-state index contributed by atoms with van der Waals surface area (Å²) in [6.07, 6.45) is 1.11. The zero-order chi connectivity index (χ0) is 12.0. The molecule has 88 valence electrons. The van der Waals surface area contributed by atoms with Gasteiger partial charge in [0.05, 0.1) is 0 Å². The Labute approximate surface area is 96.2 Å². The van der Waals surface area contributed by atoms with Crippen molar-refractivity contribution in [3.63, 3.8) is 0 Å². The van der Waals surface area contributed by atoms with Gasteiger partial charge in [0, 0.05) is 18.2 Å². The predicted molar refractivity (Wildman–Crippen MR) is 65.5 cm³/mol. The van der Waals surface area contributed by atoms with Crippen molar-refractivity contribution < 1.29 is 5.21 Å². The second kappa shape index (κ2) is 6.12. The minimum atomic E-state index is 0.140. The molecular formula is C12H19N3O. The van der Waals surface area contributed by atoms with Gasteiger partial charge in [0.1, 0.15) is 0 Å². The second-order valence-corrected chi connectivity index (χ2v) is 3.87. The van der Waals surface area contributed by atoms with E-state index in [9.17, 15) is 0 Å². The third-order valence-electron chi connectivity index (χ3n) is 2.62. The van der Waals surface area contributed by atoms with Crippen LogP contribution in [0.25, 0.3) is 0 Å². The number of oxime groups is 1. The number of hydrogen-bond donors (Lipinski definition) is 3. The number of rotatable bonds is 5. The quantitative estimate of drug-likeness (QED) is 0.306. The Morgan fingerprint density at radius 1 is 1.44 bits per heavy atom. The number of nitrogens with two attached hydrogens (primary N) is 1. The first-order valence-corrected chi connectivity index (χ1v) is 5.47. The van der Waals surface area contributed by atoms with Crippen LogP contribution < -0.4 is 11.1 Å². The molecule has 0 amide bonds. The van der Waals surface area contributed by atoms with Gasteiger partial charge in [-0.25, -0.2) is 0 Å². The van der Waals surface area contributed by atoms with Gasteiger partial charge in [-0.05, 0) is 18.9 Å². The van der Waals surface area contributed by atoms with E-state index in [0.717, 1.165) is 18.5 Å². The number of amidine groups is 1. The Morgan fingerprint density at radius 2 is 2.06 bits per heavy atom. The summed E-state index contributed by atoms with van der Waals surface area (Å²) in [5.74, 6) is 0.140. The van der Waals surface area contributed by atoms with Crippen LogP contribution in [-0.4, -0.2) is 17.1 Å². The van der Waals surface area contributed by atoms with Crippen molar-refractivity contribution in [3.8, 4) is 0 Å². The van der Waals surface area contributed by atoms with Crippen molar-refractivity contribution in [1.29, 1.82) is 0 Å². The zero-order valence-electron chi connectivity index (χ0n) is 9.77. The summed E-state index contributed by atoms with van der Waals surface area (Å²) in [5.41, 5.74) is 7.39. The minimum Gasteiger partial charge on any atom is -0.409 e. The zero-order valence-corrected chi connectivity index (χ0v) is 9.77. The lowest BCUT2D eigenvalue weighted by molar-refractivity contribution is 0.318. The fraction of sp³-hybridized carbons (Fsp3) is 0.417. The molecule has 1 atom stereocenters. The molecule has 0 aliphatic rings. The van der Waals surface area contributed by atoms with Gasteiger partial charge in [-0.2, -0.15) is 0 Å². The van der Waals surface area contributed by atoms with Crippen LogP contribution in [0.2, 0.25) is 0 Å². The van der Waals surface area contributed by atoms with Crippen molar-refractivity contribution in [1.82, 2.24) is 5.32 Å². The van der Waals surface area contributed by atoms with Crippen molar-refractivity contribution in [2.75, 3.05) is 0 Å². The van der Waals surface area contributed by atoms with Crippen LogP contribution in [-0.2, 0) is 6.54 Å². The molecule has 0 radical (unpaired) electrons. The first-order chi connectivity index (χ1) is 7.67. The Balaban J connectivity index is 2.58. The summed E-state index contributed by atoms with van der Waals surface area (Å²) in [4.78, 5) is 0. The molecule has 0 fully saturated rings. The summed E-state index contributed by atoms with van der Waals surface area (Å²) >= 11 is 0. The SMILES string of the molecule is CCC(C)NCc1ccc(C(N)=NO)cc1. The van der Waals surface area contributed by atoms with Gasteiger partial charge >= 0.3 is 0 Å². The lowest BCUT2D eigenvalue weighted by Crippen LogP contribution is -2.24. The van der Waals surface area contributed by atoms with E-state index >= 15 is 0 Å². The van der Waals surface area contributed by atoms with Gasteiger partial charge in [0.15, 0.2) is 5.84 Å². The molecular weight excluding hydrogens is 202 g/mol. The third-order valence-corrected chi connectivity index (χ3v) is 2.62. The van der Waals surface area contributed by atoms with E-state index in [-0.39, 0.29) is 5.84 Å². The first kappa shape index (κ1) is 12.5. The molecule has 0 aliphatic carbocycles. The van der Waals surface area contributed by atoms with Crippen molar-refractivity contribution in [3.05, 3.63) is 35.4 Å². The van der Waals surface area contributed by atoms with Crippen LogP contribution in [0.15, 0.2) is 29.4 Å². The van der Waals surface area contributed by atoms with E-state index in [0.29, 0.717) is 6.04 Å². The van der Waals surface area contributed by atoms with Crippen LogP contribution in [0.4, 0.5) is 0 Å². The molecule has 4 N–H and O–H groups in total. The van der Waals surface area contributed by atoms with E-state index in [2.05, 4.69) is 24.3 Å². The molecule has 0 spiro atoms. The average molecular weight is 221 g/mol. The van der Waals surface area contributed by atoms with Crippen LogP contribution in [0, 0.1) is 0 Å². The van der Waals surface area contributed by atoms with Gasteiger partial charge in [0.2, 0.25) is 0 Å². The van der Waals surface area contributed by atoms with Crippen molar-refractivity contribution in [2.24, 2.45) is 10.9 Å². The fourth-order valence-corrected chi connectivity index (χ4v) is 1.29. The van der Waals surface area contributed by atoms with Gasteiger partial charge in [-0.15, -0.1) is 0 Å². The molecule has 0 aliphatic heterocycles. The number of nitrogens with one attached hydrogen (secondary N) is 1. The van der Waals surface area contributed by atoms with Gasteiger partial charge < -0.3 is 16.3 Å². The van der Waals surface area contributed by atoms with Crippen LogP contribution in [0.3, 0.4) is 0 Å². The normalized spacial score (nSPS) is 13.8. The highest BCUT2D eigenvalue weighted by Gasteiger charge is 2.00. The van der Waals surface area contributed by atoms with E-state index in [1.165, 1.54) is 5.56 Å². The van der Waals surface area contributed by atoms with Crippen molar-refractivity contribution >= 4 is 5.84 Å². The second-order valence-electron chi connectivity index (χ2n) is 3.87. The lowest BCUT2D eigenvalue weighted by Gasteiger charge is -2.11. The number of benzene rings is 1. The molecule has 0 aromatic heterocycles. The third kappa shape index (κ3) is 3.55. The number of hydrogen-bond acceptors (Lipinski definition) is 3.